The predicted molar refractivity (Wildman–Crippen MR) is 258 cm³/mol. The predicted octanol–water partition coefficient (Wildman–Crippen LogP) is 15.1. The molecule has 0 N–H and O–H groups in total. The Morgan fingerprint density at radius 2 is 1.11 bits per heavy atom. The van der Waals surface area contributed by atoms with Gasteiger partial charge in [-0.2, -0.15) is 0 Å². The van der Waals surface area contributed by atoms with Crippen molar-refractivity contribution in [3.05, 3.63) is 193 Å². The van der Waals surface area contributed by atoms with E-state index < -0.39 is 0 Å². The van der Waals surface area contributed by atoms with E-state index in [-0.39, 0.29) is 5.41 Å². The molecule has 2 aliphatic rings. The van der Waals surface area contributed by atoms with Gasteiger partial charge in [0.15, 0.2) is 0 Å². The van der Waals surface area contributed by atoms with Crippen molar-refractivity contribution in [3.8, 4) is 45.1 Å². The van der Waals surface area contributed by atoms with Crippen molar-refractivity contribution >= 4 is 77.0 Å². The average molecular weight is 809 g/mol. The number of para-hydroxylation sites is 1. The lowest BCUT2D eigenvalue weighted by Gasteiger charge is -2.21. The van der Waals surface area contributed by atoms with Gasteiger partial charge in [0.2, 0.25) is 5.95 Å². The van der Waals surface area contributed by atoms with Crippen molar-refractivity contribution in [2.45, 2.75) is 29.1 Å². The second kappa shape index (κ2) is 12.3. The molecule has 5 heteroatoms. The number of hydrogen-bond acceptors (Lipinski definition) is 3. The fraction of sp³-hybridized carbons (Fsp3) is 0.0526. The number of nitrogens with zero attached hydrogens (tertiary/aromatic N) is 4. The van der Waals surface area contributed by atoms with Crippen molar-refractivity contribution < 1.29 is 0 Å². The van der Waals surface area contributed by atoms with Gasteiger partial charge in [-0.05, 0) is 111 Å². The Hall–Kier alpha value is -7.47. The monoisotopic (exact) mass is 808 g/mol. The summed E-state index contributed by atoms with van der Waals surface area (Å²) >= 11 is 1.80. The molecule has 0 amide bonds. The van der Waals surface area contributed by atoms with Crippen molar-refractivity contribution in [2.75, 3.05) is 0 Å². The van der Waals surface area contributed by atoms with Crippen LogP contribution >= 0.6 is 11.8 Å². The Morgan fingerprint density at radius 3 is 2.00 bits per heavy atom. The molecule has 0 bridgehead atoms. The molecular weight excluding hydrogens is 773 g/mol. The van der Waals surface area contributed by atoms with E-state index in [0.717, 1.165) is 33.2 Å². The van der Waals surface area contributed by atoms with E-state index in [1.54, 1.807) is 11.8 Å². The summed E-state index contributed by atoms with van der Waals surface area (Å²) in [6.45, 7) is 4.69. The number of rotatable bonds is 3. The molecule has 0 radical (unpaired) electrons. The Morgan fingerprint density at radius 1 is 0.435 bits per heavy atom. The van der Waals surface area contributed by atoms with E-state index in [9.17, 15) is 0 Å². The van der Waals surface area contributed by atoms with Crippen LogP contribution in [0.3, 0.4) is 0 Å². The molecule has 0 atom stereocenters. The van der Waals surface area contributed by atoms with Crippen LogP contribution in [0.25, 0.3) is 110 Å². The van der Waals surface area contributed by atoms with Crippen molar-refractivity contribution in [1.29, 1.82) is 0 Å². The summed E-state index contributed by atoms with van der Waals surface area (Å²) < 4.78 is 4.73. The highest BCUT2D eigenvalue weighted by atomic mass is 32.2. The first kappa shape index (κ1) is 34.3. The zero-order valence-corrected chi connectivity index (χ0v) is 34.8. The lowest BCUT2D eigenvalue weighted by atomic mass is 9.82. The normalized spacial score (nSPS) is 13.7. The first-order chi connectivity index (χ1) is 30.5. The van der Waals surface area contributed by atoms with Gasteiger partial charge >= 0.3 is 0 Å². The number of fused-ring (bicyclic) bond motifs is 13. The quantitative estimate of drug-likeness (QED) is 0.178. The van der Waals surface area contributed by atoms with Crippen molar-refractivity contribution in [3.63, 3.8) is 0 Å². The highest BCUT2D eigenvalue weighted by molar-refractivity contribution is 7.99. The maximum absolute atomic E-state index is 5.44. The van der Waals surface area contributed by atoms with Crippen LogP contribution < -0.4 is 0 Å². The molecule has 0 spiro atoms. The van der Waals surface area contributed by atoms with Gasteiger partial charge in [-0.15, -0.1) is 0 Å². The van der Waals surface area contributed by atoms with Gasteiger partial charge in [-0.25, -0.2) is 9.97 Å². The Balaban J connectivity index is 0.975. The maximum atomic E-state index is 5.44. The maximum Gasteiger partial charge on any atom is 0.235 e. The highest BCUT2D eigenvalue weighted by Crippen LogP contribution is 2.50. The lowest BCUT2D eigenvalue weighted by molar-refractivity contribution is 0.660. The summed E-state index contributed by atoms with van der Waals surface area (Å²) in [6, 6.07) is 67.0. The topological polar surface area (TPSA) is 35.6 Å². The van der Waals surface area contributed by atoms with Gasteiger partial charge in [0, 0.05) is 53.4 Å². The molecule has 4 nitrogen and oxygen atoms in total. The lowest BCUT2D eigenvalue weighted by Crippen LogP contribution is -2.14. The van der Waals surface area contributed by atoms with Crippen LogP contribution in [-0.4, -0.2) is 19.1 Å². The van der Waals surface area contributed by atoms with Gasteiger partial charge < -0.3 is 4.57 Å². The molecule has 0 saturated carbocycles. The standard InChI is InChI=1S/C57H36N4S/c1-57(2)44-17-8-5-14-38(44)41-32-36(25-26-45(41)57)60-47-19-9-6-15-39(47)42-30-34(23-27-48(42)60)35-24-28-49-43(31-35)53-37-13-4-3-12-33(37)22-29-50(53)61(49)56-58-46-18-11-21-52-54(46)55(59-56)40-16-7-10-20-51(40)62-52/h3-32H,1-2H3. The molecule has 62 heavy (non-hydrogen) atoms. The summed E-state index contributed by atoms with van der Waals surface area (Å²) in [5.74, 6) is 0.683. The SMILES string of the molecule is CC1(C)c2ccccc2-c2cc(-n3c4ccccc4c4cc(-c5ccc6c(c5)c5c7ccccc7ccc5n6-c5nc6c7c(cccc7n5)Sc5ccccc5-6)ccc43)ccc21. The fourth-order valence-corrected chi connectivity index (χ4v) is 12.0. The Kier molecular flexibility index (Phi) is 6.80. The molecule has 1 aliphatic carbocycles. The van der Waals surface area contributed by atoms with Gasteiger partial charge in [0.05, 0.1) is 33.3 Å². The van der Waals surface area contributed by atoms with Gasteiger partial charge in [-0.3, -0.25) is 4.57 Å². The second-order valence-electron chi connectivity index (χ2n) is 17.4. The summed E-state index contributed by atoms with van der Waals surface area (Å²) in [6.07, 6.45) is 0. The number of hydrogen-bond donors (Lipinski definition) is 0. The van der Waals surface area contributed by atoms with E-state index in [2.05, 4.69) is 205 Å². The van der Waals surface area contributed by atoms with Gasteiger partial charge in [-0.1, -0.05) is 141 Å². The first-order valence-corrected chi connectivity index (χ1v) is 22.1. The average Bonchev–Trinajstić information content (AvgIpc) is 3.91. The minimum absolute atomic E-state index is 0.0339. The molecular formula is C57H36N4S. The van der Waals surface area contributed by atoms with Crippen LogP contribution in [-0.2, 0) is 5.41 Å². The summed E-state index contributed by atoms with van der Waals surface area (Å²) in [5.41, 5.74) is 16.6. The summed E-state index contributed by atoms with van der Waals surface area (Å²) in [7, 11) is 0. The molecule has 4 heterocycles. The zero-order valence-electron chi connectivity index (χ0n) is 34.0. The zero-order chi connectivity index (χ0) is 40.8. The van der Waals surface area contributed by atoms with E-state index >= 15 is 0 Å². The van der Waals surface area contributed by atoms with Crippen LogP contribution in [0.4, 0.5) is 0 Å². The van der Waals surface area contributed by atoms with Crippen LogP contribution in [0.5, 0.6) is 0 Å². The van der Waals surface area contributed by atoms with Crippen LogP contribution in [0, 0.1) is 0 Å². The Bertz CT molecular complexity index is 3940. The molecule has 9 aromatic carbocycles. The molecule has 3 aromatic heterocycles. The fourth-order valence-electron chi connectivity index (χ4n) is 10.9. The van der Waals surface area contributed by atoms with Crippen molar-refractivity contribution in [1.82, 2.24) is 19.1 Å². The minimum atomic E-state index is -0.0339. The first-order valence-electron chi connectivity index (χ1n) is 21.3. The summed E-state index contributed by atoms with van der Waals surface area (Å²) in [5, 5.41) is 8.42. The number of benzene rings is 9. The van der Waals surface area contributed by atoms with Crippen LogP contribution in [0.15, 0.2) is 192 Å². The molecule has 0 fully saturated rings. The third-order valence-corrected chi connectivity index (χ3v) is 14.9. The Labute approximate surface area is 361 Å². The third kappa shape index (κ3) is 4.58. The summed E-state index contributed by atoms with van der Waals surface area (Å²) in [4.78, 5) is 13.2. The molecule has 0 saturated heterocycles. The molecule has 1 aliphatic heterocycles. The van der Waals surface area contributed by atoms with Gasteiger partial charge in [0.1, 0.15) is 0 Å². The van der Waals surface area contributed by atoms with E-state index in [4.69, 9.17) is 9.97 Å². The van der Waals surface area contributed by atoms with E-state index in [1.807, 2.05) is 0 Å². The van der Waals surface area contributed by atoms with Crippen LogP contribution in [0.2, 0.25) is 0 Å². The van der Waals surface area contributed by atoms with E-state index in [1.165, 1.54) is 92.2 Å². The van der Waals surface area contributed by atoms with E-state index in [0.29, 0.717) is 5.95 Å². The molecule has 290 valence electrons. The van der Waals surface area contributed by atoms with Crippen LogP contribution in [0.1, 0.15) is 25.0 Å². The van der Waals surface area contributed by atoms with Crippen molar-refractivity contribution in [2.24, 2.45) is 0 Å². The largest absolute Gasteiger partial charge is 0.309 e. The third-order valence-electron chi connectivity index (χ3n) is 13.7. The smallest absolute Gasteiger partial charge is 0.235 e. The highest BCUT2D eigenvalue weighted by Gasteiger charge is 2.35. The van der Waals surface area contributed by atoms with Gasteiger partial charge in [0.25, 0.3) is 0 Å². The second-order valence-corrected chi connectivity index (χ2v) is 18.4. The minimum Gasteiger partial charge on any atom is -0.309 e. The number of aromatic nitrogens is 4. The molecule has 14 rings (SSSR count). The molecule has 12 aromatic rings. The molecule has 0 unspecified atom stereocenters.